The number of hydrogen-bond acceptors (Lipinski definition) is 4. The van der Waals surface area contributed by atoms with Crippen LogP contribution in [0.2, 0.25) is 0 Å². The van der Waals surface area contributed by atoms with Gasteiger partial charge in [-0.3, -0.25) is 9.59 Å². The normalized spacial score (nSPS) is 10.3. The Kier molecular flexibility index (Phi) is 5.58. The number of benzene rings is 2. The molecule has 5 heteroatoms. The van der Waals surface area contributed by atoms with Crippen molar-refractivity contribution >= 4 is 23.1 Å². The van der Waals surface area contributed by atoms with Crippen molar-refractivity contribution in [2.45, 2.75) is 27.2 Å². The van der Waals surface area contributed by atoms with Gasteiger partial charge in [0.2, 0.25) is 0 Å². The minimum Gasteiger partial charge on any atom is -0.482 e. The van der Waals surface area contributed by atoms with Gasteiger partial charge in [-0.2, -0.15) is 0 Å². The van der Waals surface area contributed by atoms with E-state index in [9.17, 15) is 9.59 Å². The summed E-state index contributed by atoms with van der Waals surface area (Å²) < 4.78 is 5.44. The van der Waals surface area contributed by atoms with Gasteiger partial charge in [0.15, 0.2) is 12.4 Å². The van der Waals surface area contributed by atoms with E-state index < -0.39 is 0 Å². The number of anilines is 2. The second kappa shape index (κ2) is 7.64. The van der Waals surface area contributed by atoms with Gasteiger partial charge in [-0.25, -0.2) is 0 Å². The Labute approximate surface area is 141 Å². The number of hydrogen-bond donors (Lipinski definition) is 2. The molecule has 2 aromatic rings. The summed E-state index contributed by atoms with van der Waals surface area (Å²) in [5, 5.41) is 2.78. The molecule has 0 heterocycles. The van der Waals surface area contributed by atoms with Gasteiger partial charge in [-0.1, -0.05) is 13.0 Å². The standard InChI is InChI=1S/C19H22N2O3/c1-4-17(22)14-6-8-18(16(20)10-14)24-11-19(23)21-15-7-5-12(2)13(3)9-15/h5-10H,4,11,20H2,1-3H3,(H,21,23). The molecule has 0 radical (unpaired) electrons. The van der Waals surface area contributed by atoms with Gasteiger partial charge in [0.1, 0.15) is 5.75 Å². The van der Waals surface area contributed by atoms with Crippen LogP contribution in [0.5, 0.6) is 5.75 Å². The third-order valence-electron chi connectivity index (χ3n) is 3.80. The molecule has 0 saturated carbocycles. The molecule has 1 amide bonds. The molecule has 0 aliphatic carbocycles. The summed E-state index contributed by atoms with van der Waals surface area (Å²) >= 11 is 0. The molecule has 2 aromatic carbocycles. The van der Waals surface area contributed by atoms with E-state index in [2.05, 4.69) is 5.32 Å². The number of ether oxygens (including phenoxy) is 1. The minimum atomic E-state index is -0.272. The fourth-order valence-electron chi connectivity index (χ4n) is 2.22. The quantitative estimate of drug-likeness (QED) is 0.629. The maximum absolute atomic E-state index is 12.0. The molecule has 126 valence electrons. The van der Waals surface area contributed by atoms with Crippen LogP contribution in [-0.4, -0.2) is 18.3 Å². The van der Waals surface area contributed by atoms with Crippen LogP contribution in [-0.2, 0) is 4.79 Å². The molecular formula is C19H22N2O3. The predicted octanol–water partition coefficient (Wildman–Crippen LogP) is 3.50. The van der Waals surface area contributed by atoms with Crippen molar-refractivity contribution in [3.05, 3.63) is 53.1 Å². The molecule has 2 rings (SSSR count). The number of amides is 1. The lowest BCUT2D eigenvalue weighted by Crippen LogP contribution is -2.20. The summed E-state index contributed by atoms with van der Waals surface area (Å²) in [7, 11) is 0. The topological polar surface area (TPSA) is 81.4 Å². The number of carbonyl (C=O) groups is 2. The van der Waals surface area contributed by atoms with Gasteiger partial charge in [0.25, 0.3) is 5.91 Å². The van der Waals surface area contributed by atoms with Gasteiger partial charge in [-0.15, -0.1) is 0 Å². The maximum Gasteiger partial charge on any atom is 0.262 e. The monoisotopic (exact) mass is 326 g/mol. The highest BCUT2D eigenvalue weighted by molar-refractivity contribution is 5.97. The first-order valence-electron chi connectivity index (χ1n) is 7.83. The summed E-state index contributed by atoms with van der Waals surface area (Å²) in [5.41, 5.74) is 9.76. The average molecular weight is 326 g/mol. The lowest BCUT2D eigenvalue weighted by molar-refractivity contribution is -0.118. The van der Waals surface area contributed by atoms with Crippen molar-refractivity contribution in [1.82, 2.24) is 0 Å². The molecule has 0 bridgehead atoms. The van der Waals surface area contributed by atoms with Crippen LogP contribution in [0.15, 0.2) is 36.4 Å². The fourth-order valence-corrected chi connectivity index (χ4v) is 2.22. The van der Waals surface area contributed by atoms with Crippen LogP contribution in [0.3, 0.4) is 0 Å². The molecule has 0 spiro atoms. The Morgan fingerprint density at radius 3 is 2.46 bits per heavy atom. The number of ketones is 1. The molecule has 0 fully saturated rings. The van der Waals surface area contributed by atoms with E-state index in [1.807, 2.05) is 32.0 Å². The number of carbonyl (C=O) groups excluding carboxylic acids is 2. The first-order chi connectivity index (χ1) is 11.4. The summed E-state index contributed by atoms with van der Waals surface area (Å²) in [6.07, 6.45) is 0.415. The zero-order valence-electron chi connectivity index (χ0n) is 14.2. The van der Waals surface area contributed by atoms with Crippen LogP contribution >= 0.6 is 0 Å². The number of nitrogens with two attached hydrogens (primary N) is 1. The largest absolute Gasteiger partial charge is 0.482 e. The summed E-state index contributed by atoms with van der Waals surface area (Å²) in [6, 6.07) is 10.5. The molecule has 5 nitrogen and oxygen atoms in total. The molecule has 3 N–H and O–H groups in total. The fraction of sp³-hybridized carbons (Fsp3) is 0.263. The Bertz CT molecular complexity index is 769. The van der Waals surface area contributed by atoms with Crippen molar-refractivity contribution in [3.8, 4) is 5.75 Å². The van der Waals surface area contributed by atoms with E-state index in [1.165, 1.54) is 5.56 Å². The molecule has 24 heavy (non-hydrogen) atoms. The van der Waals surface area contributed by atoms with Gasteiger partial charge in [0, 0.05) is 17.7 Å². The van der Waals surface area contributed by atoms with E-state index in [-0.39, 0.29) is 18.3 Å². The highest BCUT2D eigenvalue weighted by Gasteiger charge is 2.09. The molecule has 0 aromatic heterocycles. The second-order valence-electron chi connectivity index (χ2n) is 5.67. The first kappa shape index (κ1) is 17.5. The highest BCUT2D eigenvalue weighted by Crippen LogP contribution is 2.23. The van der Waals surface area contributed by atoms with Crippen molar-refractivity contribution in [2.75, 3.05) is 17.7 Å². The van der Waals surface area contributed by atoms with Gasteiger partial charge in [-0.05, 0) is 55.3 Å². The van der Waals surface area contributed by atoms with Crippen LogP contribution in [0.25, 0.3) is 0 Å². The molecule has 0 saturated heterocycles. The highest BCUT2D eigenvalue weighted by atomic mass is 16.5. The number of Topliss-reactive ketones (excluding diaryl/α,β-unsaturated/α-hetero) is 1. The van der Waals surface area contributed by atoms with Crippen LogP contribution in [0.1, 0.15) is 34.8 Å². The Morgan fingerprint density at radius 2 is 1.83 bits per heavy atom. The van der Waals surface area contributed by atoms with Crippen LogP contribution < -0.4 is 15.8 Å². The van der Waals surface area contributed by atoms with Gasteiger partial charge >= 0.3 is 0 Å². The average Bonchev–Trinajstić information content (AvgIpc) is 2.56. The van der Waals surface area contributed by atoms with Gasteiger partial charge < -0.3 is 15.8 Å². The third kappa shape index (κ3) is 4.35. The third-order valence-corrected chi connectivity index (χ3v) is 3.80. The van der Waals surface area contributed by atoms with Crippen molar-refractivity contribution in [2.24, 2.45) is 0 Å². The number of aryl methyl sites for hydroxylation is 2. The maximum atomic E-state index is 12.0. The number of rotatable bonds is 6. The van der Waals surface area contributed by atoms with E-state index in [0.29, 0.717) is 23.4 Å². The molecule has 0 aliphatic rings. The predicted molar refractivity (Wildman–Crippen MR) is 95.5 cm³/mol. The van der Waals surface area contributed by atoms with E-state index in [1.54, 1.807) is 25.1 Å². The summed E-state index contributed by atoms with van der Waals surface area (Å²) in [5.74, 6) is 0.130. The van der Waals surface area contributed by atoms with Crippen LogP contribution in [0, 0.1) is 13.8 Å². The minimum absolute atomic E-state index is 0.0146. The molecule has 0 aliphatic heterocycles. The van der Waals surface area contributed by atoms with Gasteiger partial charge in [0.05, 0.1) is 5.69 Å². The van der Waals surface area contributed by atoms with Crippen molar-refractivity contribution in [3.63, 3.8) is 0 Å². The smallest absolute Gasteiger partial charge is 0.262 e. The lowest BCUT2D eigenvalue weighted by atomic mass is 10.1. The number of nitrogen functional groups attached to an aromatic ring is 1. The zero-order chi connectivity index (χ0) is 17.7. The van der Waals surface area contributed by atoms with E-state index in [4.69, 9.17) is 10.5 Å². The Balaban J connectivity index is 1.96. The molecular weight excluding hydrogens is 304 g/mol. The second-order valence-corrected chi connectivity index (χ2v) is 5.67. The molecule has 0 unspecified atom stereocenters. The van der Waals surface area contributed by atoms with E-state index >= 15 is 0 Å². The summed E-state index contributed by atoms with van der Waals surface area (Å²) in [4.78, 5) is 23.6. The van der Waals surface area contributed by atoms with Crippen molar-refractivity contribution in [1.29, 1.82) is 0 Å². The number of nitrogens with one attached hydrogen (secondary N) is 1. The molecule has 0 atom stereocenters. The SMILES string of the molecule is CCC(=O)c1ccc(OCC(=O)Nc2ccc(C)c(C)c2)c(N)c1. The Hall–Kier alpha value is -2.82. The van der Waals surface area contributed by atoms with E-state index in [0.717, 1.165) is 11.3 Å². The van der Waals surface area contributed by atoms with Crippen LogP contribution in [0.4, 0.5) is 11.4 Å². The Morgan fingerprint density at radius 1 is 1.08 bits per heavy atom. The summed E-state index contributed by atoms with van der Waals surface area (Å²) in [6.45, 7) is 5.64. The first-order valence-corrected chi connectivity index (χ1v) is 7.83. The van der Waals surface area contributed by atoms with Crippen molar-refractivity contribution < 1.29 is 14.3 Å². The lowest BCUT2D eigenvalue weighted by Gasteiger charge is -2.11. The zero-order valence-corrected chi connectivity index (χ0v) is 14.2.